The zero-order valence-electron chi connectivity index (χ0n) is 7.80. The second-order valence-corrected chi connectivity index (χ2v) is 3.23. The summed E-state index contributed by atoms with van der Waals surface area (Å²) < 4.78 is 0. The first-order chi connectivity index (χ1) is 5.65. The molecule has 2 N–H and O–H groups in total. The number of nitrogens with two attached hydrogens (primary N) is 1. The van der Waals surface area contributed by atoms with Crippen molar-refractivity contribution >= 4 is 5.71 Å². The van der Waals surface area contributed by atoms with Crippen molar-refractivity contribution in [2.45, 2.75) is 26.7 Å². The van der Waals surface area contributed by atoms with Gasteiger partial charge in [0.25, 0.3) is 0 Å². The Morgan fingerprint density at radius 2 is 2.17 bits per heavy atom. The summed E-state index contributed by atoms with van der Waals surface area (Å²) in [6, 6.07) is 0. The van der Waals surface area contributed by atoms with Gasteiger partial charge in [-0.15, -0.1) is 0 Å². The summed E-state index contributed by atoms with van der Waals surface area (Å²) in [4.78, 5) is 4.41. The van der Waals surface area contributed by atoms with Crippen LogP contribution in [0.1, 0.15) is 26.7 Å². The van der Waals surface area contributed by atoms with Gasteiger partial charge in [-0.2, -0.15) is 0 Å². The lowest BCUT2D eigenvalue weighted by molar-refractivity contribution is 1.13. The van der Waals surface area contributed by atoms with E-state index in [1.165, 1.54) is 18.6 Å². The van der Waals surface area contributed by atoms with Gasteiger partial charge in [-0.3, -0.25) is 4.99 Å². The van der Waals surface area contributed by atoms with Crippen molar-refractivity contribution in [1.29, 1.82) is 0 Å². The molecule has 0 atom stereocenters. The van der Waals surface area contributed by atoms with Crippen molar-refractivity contribution < 1.29 is 0 Å². The molecule has 2 nitrogen and oxygen atoms in total. The van der Waals surface area contributed by atoms with E-state index >= 15 is 0 Å². The smallest absolute Gasteiger partial charge is 0.0809 e. The zero-order chi connectivity index (χ0) is 9.14. The fourth-order valence-electron chi connectivity index (χ4n) is 1.10. The van der Waals surface area contributed by atoms with E-state index in [4.69, 9.17) is 5.73 Å². The van der Waals surface area contributed by atoms with Crippen LogP contribution in [0.3, 0.4) is 0 Å². The van der Waals surface area contributed by atoms with E-state index in [1.54, 1.807) is 0 Å². The number of hydrogen-bond acceptors (Lipinski definition) is 2. The van der Waals surface area contributed by atoms with Crippen LogP contribution in [0.15, 0.2) is 29.0 Å². The van der Waals surface area contributed by atoms with E-state index < -0.39 is 0 Å². The number of hydrogen-bond donors (Lipinski definition) is 1. The first kappa shape index (κ1) is 9.04. The Morgan fingerprint density at radius 1 is 1.58 bits per heavy atom. The van der Waals surface area contributed by atoms with Crippen LogP contribution < -0.4 is 5.73 Å². The molecule has 12 heavy (non-hydrogen) atoms. The number of allylic oxidation sites excluding steroid dienone is 1. The summed E-state index contributed by atoms with van der Waals surface area (Å²) in [5.74, 6) is 0.708. The Kier molecular flexibility index (Phi) is 2.69. The third-order valence-electron chi connectivity index (χ3n) is 2.07. The lowest BCUT2D eigenvalue weighted by Crippen LogP contribution is -2.01. The Balaban J connectivity index is 2.68. The minimum atomic E-state index is 0.553. The summed E-state index contributed by atoms with van der Waals surface area (Å²) in [5.41, 5.74) is 8.11. The molecule has 0 aliphatic heterocycles. The molecule has 0 amide bonds. The average molecular weight is 164 g/mol. The number of aliphatic imine (C=N–C) groups is 1. The molecule has 66 valence electrons. The zero-order valence-corrected chi connectivity index (χ0v) is 7.80. The predicted octanol–water partition coefficient (Wildman–Crippen LogP) is 2.23. The van der Waals surface area contributed by atoms with Crippen LogP contribution in [0.2, 0.25) is 0 Å². The minimum Gasteiger partial charge on any atom is -0.397 e. The molecule has 1 rings (SSSR count). The second-order valence-electron chi connectivity index (χ2n) is 3.23. The molecule has 0 heterocycles. The molecular formula is C10H16N2. The monoisotopic (exact) mass is 164 g/mol. The molecule has 0 radical (unpaired) electrons. The van der Waals surface area contributed by atoms with Crippen LogP contribution in [-0.2, 0) is 0 Å². The van der Waals surface area contributed by atoms with Crippen LogP contribution in [0.5, 0.6) is 0 Å². The van der Waals surface area contributed by atoms with Crippen molar-refractivity contribution in [3.8, 4) is 0 Å². The van der Waals surface area contributed by atoms with Gasteiger partial charge in [0.15, 0.2) is 0 Å². The van der Waals surface area contributed by atoms with Gasteiger partial charge in [0.05, 0.1) is 5.70 Å². The van der Waals surface area contributed by atoms with Crippen LogP contribution in [0, 0.1) is 5.92 Å². The first-order valence-corrected chi connectivity index (χ1v) is 4.31. The highest BCUT2D eigenvalue weighted by Gasteiger charge is 2.24. The van der Waals surface area contributed by atoms with Gasteiger partial charge in [-0.05, 0) is 32.6 Å². The van der Waals surface area contributed by atoms with E-state index in [1.807, 2.05) is 13.0 Å². The second kappa shape index (κ2) is 3.57. The lowest BCUT2D eigenvalue weighted by atomic mass is 10.2. The molecule has 1 saturated carbocycles. The van der Waals surface area contributed by atoms with Crippen molar-refractivity contribution in [2.75, 3.05) is 0 Å². The molecule has 0 saturated heterocycles. The molecule has 0 aromatic carbocycles. The van der Waals surface area contributed by atoms with Gasteiger partial charge < -0.3 is 5.73 Å². The highest BCUT2D eigenvalue weighted by atomic mass is 14.8. The molecular weight excluding hydrogens is 148 g/mol. The fraction of sp³-hybridized carbons (Fsp3) is 0.500. The maximum atomic E-state index is 5.55. The molecule has 2 heteroatoms. The third kappa shape index (κ3) is 2.22. The Bertz CT molecular complexity index is 245. The lowest BCUT2D eigenvalue weighted by Gasteiger charge is -2.01. The van der Waals surface area contributed by atoms with E-state index in [2.05, 4.69) is 18.5 Å². The molecule has 1 fully saturated rings. The van der Waals surface area contributed by atoms with Crippen molar-refractivity contribution in [2.24, 2.45) is 16.6 Å². The SMILES string of the molecule is C=C(N)/C(=C/C)N=C(C)C1CC1. The Morgan fingerprint density at radius 3 is 2.50 bits per heavy atom. The van der Waals surface area contributed by atoms with E-state index in [0.717, 1.165) is 5.70 Å². The number of nitrogens with zero attached hydrogens (tertiary/aromatic N) is 1. The molecule has 1 aliphatic carbocycles. The van der Waals surface area contributed by atoms with Crippen LogP contribution in [0.25, 0.3) is 0 Å². The standard InChI is InChI=1S/C10H16N2/c1-4-10(7(2)11)12-8(3)9-5-6-9/h4,9H,2,5-6,11H2,1,3H3/b10-4-,12-8?. The average Bonchev–Trinajstić information content (AvgIpc) is 2.80. The topological polar surface area (TPSA) is 38.4 Å². The van der Waals surface area contributed by atoms with Gasteiger partial charge in [0.1, 0.15) is 0 Å². The van der Waals surface area contributed by atoms with E-state index in [0.29, 0.717) is 11.6 Å². The maximum absolute atomic E-state index is 5.55. The minimum absolute atomic E-state index is 0.553. The predicted molar refractivity (Wildman–Crippen MR) is 52.9 cm³/mol. The quantitative estimate of drug-likeness (QED) is 0.504. The van der Waals surface area contributed by atoms with Crippen LogP contribution in [0.4, 0.5) is 0 Å². The molecule has 0 bridgehead atoms. The normalized spacial score (nSPS) is 19.5. The highest BCUT2D eigenvalue weighted by Crippen LogP contribution is 2.31. The first-order valence-electron chi connectivity index (χ1n) is 4.31. The van der Waals surface area contributed by atoms with Gasteiger partial charge in [0.2, 0.25) is 0 Å². The largest absolute Gasteiger partial charge is 0.397 e. The van der Waals surface area contributed by atoms with E-state index in [-0.39, 0.29) is 0 Å². The molecule has 0 aromatic heterocycles. The van der Waals surface area contributed by atoms with Crippen molar-refractivity contribution in [1.82, 2.24) is 0 Å². The Hall–Kier alpha value is -1.05. The van der Waals surface area contributed by atoms with Gasteiger partial charge in [-0.25, -0.2) is 0 Å². The van der Waals surface area contributed by atoms with Crippen LogP contribution in [-0.4, -0.2) is 5.71 Å². The van der Waals surface area contributed by atoms with Crippen molar-refractivity contribution in [3.63, 3.8) is 0 Å². The summed E-state index contributed by atoms with van der Waals surface area (Å²) in [6.07, 6.45) is 4.46. The maximum Gasteiger partial charge on any atom is 0.0809 e. The summed E-state index contributed by atoms with van der Waals surface area (Å²) >= 11 is 0. The fourth-order valence-corrected chi connectivity index (χ4v) is 1.10. The van der Waals surface area contributed by atoms with Gasteiger partial charge >= 0.3 is 0 Å². The van der Waals surface area contributed by atoms with Gasteiger partial charge in [0, 0.05) is 11.4 Å². The molecule has 0 aromatic rings. The molecule has 1 aliphatic rings. The molecule has 0 spiro atoms. The van der Waals surface area contributed by atoms with E-state index in [9.17, 15) is 0 Å². The number of rotatable bonds is 3. The molecule has 0 unspecified atom stereocenters. The highest BCUT2D eigenvalue weighted by molar-refractivity contribution is 5.87. The van der Waals surface area contributed by atoms with Gasteiger partial charge in [-0.1, -0.05) is 12.7 Å². The third-order valence-corrected chi connectivity index (χ3v) is 2.07. The van der Waals surface area contributed by atoms with Crippen LogP contribution >= 0.6 is 0 Å². The summed E-state index contributed by atoms with van der Waals surface area (Å²) in [5, 5.41) is 0. The summed E-state index contributed by atoms with van der Waals surface area (Å²) in [6.45, 7) is 7.65. The van der Waals surface area contributed by atoms with Crippen molar-refractivity contribution in [3.05, 3.63) is 24.0 Å². The summed E-state index contributed by atoms with van der Waals surface area (Å²) in [7, 11) is 0. The Labute approximate surface area is 73.9 Å².